The Labute approximate surface area is 140 Å². The number of carbonyl (C=O) groups excluding carboxylic acids is 1. The molecule has 0 bridgehead atoms. The summed E-state index contributed by atoms with van der Waals surface area (Å²) in [7, 11) is -1.12. The van der Waals surface area contributed by atoms with E-state index in [9.17, 15) is 4.79 Å². The fourth-order valence-corrected chi connectivity index (χ4v) is 2.78. The Morgan fingerprint density at radius 1 is 1.30 bits per heavy atom. The van der Waals surface area contributed by atoms with E-state index < -0.39 is 14.0 Å². The highest BCUT2D eigenvalue weighted by atomic mass is 28.3. The second-order valence-corrected chi connectivity index (χ2v) is 12.2. The molecule has 0 aromatic carbocycles. The summed E-state index contributed by atoms with van der Waals surface area (Å²) < 4.78 is 18.2. The molecule has 1 aromatic heterocycles. The minimum Gasteiger partial charge on any atom is -0.461 e. The number of imidazole rings is 1. The van der Waals surface area contributed by atoms with Crippen LogP contribution in [0.2, 0.25) is 25.7 Å². The molecule has 0 radical (unpaired) electrons. The highest BCUT2D eigenvalue weighted by molar-refractivity contribution is 6.76. The average Bonchev–Trinajstić information content (AvgIpc) is 2.87. The molecule has 0 spiro atoms. The summed E-state index contributed by atoms with van der Waals surface area (Å²) >= 11 is 0. The van der Waals surface area contributed by atoms with Crippen LogP contribution in [0.25, 0.3) is 0 Å². The Balaban J connectivity index is 2.79. The molecule has 0 aliphatic rings. The molecule has 0 aliphatic carbocycles. The van der Waals surface area contributed by atoms with Crippen molar-refractivity contribution in [2.24, 2.45) is 0 Å². The molecule has 1 rings (SSSR count). The van der Waals surface area contributed by atoms with Crippen molar-refractivity contribution in [2.75, 3.05) is 19.8 Å². The van der Waals surface area contributed by atoms with E-state index in [0.29, 0.717) is 38.1 Å². The first-order valence-corrected chi connectivity index (χ1v) is 11.9. The van der Waals surface area contributed by atoms with Crippen LogP contribution in [0.15, 0.2) is 6.20 Å². The number of esters is 1. The van der Waals surface area contributed by atoms with E-state index in [1.165, 1.54) is 0 Å². The van der Waals surface area contributed by atoms with Crippen LogP contribution in [0.4, 0.5) is 0 Å². The zero-order valence-corrected chi connectivity index (χ0v) is 16.2. The van der Waals surface area contributed by atoms with Crippen LogP contribution in [0.3, 0.4) is 0 Å². The molecule has 132 valence electrons. The van der Waals surface area contributed by atoms with E-state index in [2.05, 4.69) is 24.6 Å². The van der Waals surface area contributed by atoms with E-state index in [-0.39, 0.29) is 6.10 Å². The summed E-state index contributed by atoms with van der Waals surface area (Å²) in [6.45, 7) is 14.6. The van der Waals surface area contributed by atoms with E-state index in [1.807, 2.05) is 18.4 Å². The average molecular weight is 343 g/mol. The van der Waals surface area contributed by atoms with Crippen LogP contribution < -0.4 is 0 Å². The van der Waals surface area contributed by atoms with Crippen molar-refractivity contribution < 1.29 is 19.0 Å². The number of hydrogen-bond acceptors (Lipinski definition) is 5. The molecule has 0 N–H and O–H groups in total. The topological polar surface area (TPSA) is 62.6 Å². The van der Waals surface area contributed by atoms with Gasteiger partial charge < -0.3 is 18.8 Å². The van der Waals surface area contributed by atoms with Gasteiger partial charge in [0.2, 0.25) is 0 Å². The van der Waals surface area contributed by atoms with E-state index in [4.69, 9.17) is 14.2 Å². The van der Waals surface area contributed by atoms with Gasteiger partial charge in [-0.05, 0) is 26.8 Å². The largest absolute Gasteiger partial charge is 0.461 e. The van der Waals surface area contributed by atoms with Crippen molar-refractivity contribution in [3.8, 4) is 0 Å². The SMILES string of the molecule is CCOC(=O)c1cn(COCC[Si](C)(C)C)c(C(C)OCC)n1. The van der Waals surface area contributed by atoms with Gasteiger partial charge >= 0.3 is 5.97 Å². The smallest absolute Gasteiger partial charge is 0.358 e. The summed E-state index contributed by atoms with van der Waals surface area (Å²) in [6, 6.07) is 1.10. The van der Waals surface area contributed by atoms with Crippen molar-refractivity contribution in [1.29, 1.82) is 0 Å². The monoisotopic (exact) mass is 342 g/mol. The van der Waals surface area contributed by atoms with Crippen LogP contribution in [0.5, 0.6) is 0 Å². The van der Waals surface area contributed by atoms with Gasteiger partial charge in [-0.3, -0.25) is 0 Å². The first kappa shape index (κ1) is 19.9. The van der Waals surface area contributed by atoms with Crippen molar-refractivity contribution in [2.45, 2.75) is 59.3 Å². The Bertz CT molecular complexity index is 497. The van der Waals surface area contributed by atoms with Crippen molar-refractivity contribution in [3.05, 3.63) is 17.7 Å². The third-order valence-corrected chi connectivity index (χ3v) is 5.00. The Hall–Kier alpha value is -1.18. The van der Waals surface area contributed by atoms with Crippen molar-refractivity contribution >= 4 is 14.0 Å². The van der Waals surface area contributed by atoms with Gasteiger partial charge in [-0.1, -0.05) is 19.6 Å². The lowest BCUT2D eigenvalue weighted by Crippen LogP contribution is -2.22. The first-order chi connectivity index (χ1) is 10.8. The number of hydrogen-bond donors (Lipinski definition) is 0. The zero-order chi connectivity index (χ0) is 17.5. The van der Waals surface area contributed by atoms with Gasteiger partial charge in [-0.2, -0.15) is 0 Å². The number of carbonyl (C=O) groups is 1. The van der Waals surface area contributed by atoms with Crippen LogP contribution in [-0.2, 0) is 20.9 Å². The Kier molecular flexibility index (Phi) is 7.94. The maximum absolute atomic E-state index is 11.9. The minimum absolute atomic E-state index is 0.205. The molecule has 1 atom stereocenters. The van der Waals surface area contributed by atoms with Gasteiger partial charge in [0.15, 0.2) is 5.69 Å². The summed E-state index contributed by atoms with van der Waals surface area (Å²) in [6.07, 6.45) is 1.47. The summed E-state index contributed by atoms with van der Waals surface area (Å²) in [4.78, 5) is 16.2. The van der Waals surface area contributed by atoms with Gasteiger partial charge in [0.25, 0.3) is 0 Å². The number of ether oxygens (including phenoxy) is 3. The Morgan fingerprint density at radius 2 is 2.00 bits per heavy atom. The third kappa shape index (κ3) is 6.84. The molecular weight excluding hydrogens is 312 g/mol. The third-order valence-electron chi connectivity index (χ3n) is 3.30. The summed E-state index contributed by atoms with van der Waals surface area (Å²) in [5.74, 6) is 0.265. The number of nitrogens with zero attached hydrogens (tertiary/aromatic N) is 2. The molecule has 0 amide bonds. The fourth-order valence-electron chi connectivity index (χ4n) is 2.03. The lowest BCUT2D eigenvalue weighted by Gasteiger charge is -2.17. The van der Waals surface area contributed by atoms with Crippen LogP contribution in [0, 0.1) is 0 Å². The standard InChI is InChI=1S/C16H30N2O4Si/c1-7-21-13(3)15-17-14(16(19)22-8-2)11-18(15)12-20-9-10-23(4,5)6/h11,13H,7-10,12H2,1-6H3. The normalized spacial score (nSPS) is 13.1. The highest BCUT2D eigenvalue weighted by Crippen LogP contribution is 2.18. The maximum atomic E-state index is 11.9. The van der Waals surface area contributed by atoms with Crippen molar-refractivity contribution in [3.63, 3.8) is 0 Å². The molecule has 6 nitrogen and oxygen atoms in total. The number of aromatic nitrogens is 2. The highest BCUT2D eigenvalue weighted by Gasteiger charge is 2.20. The molecule has 23 heavy (non-hydrogen) atoms. The maximum Gasteiger partial charge on any atom is 0.358 e. The lowest BCUT2D eigenvalue weighted by molar-refractivity contribution is 0.0484. The van der Waals surface area contributed by atoms with Crippen LogP contribution in [-0.4, -0.2) is 43.4 Å². The molecule has 0 saturated carbocycles. The van der Waals surface area contributed by atoms with Gasteiger partial charge in [0, 0.05) is 27.5 Å². The minimum atomic E-state index is -1.12. The van der Waals surface area contributed by atoms with Gasteiger partial charge in [-0.25, -0.2) is 9.78 Å². The van der Waals surface area contributed by atoms with Crippen LogP contribution in [0.1, 0.15) is 43.2 Å². The lowest BCUT2D eigenvalue weighted by atomic mass is 10.4. The van der Waals surface area contributed by atoms with Gasteiger partial charge in [-0.15, -0.1) is 0 Å². The Morgan fingerprint density at radius 3 is 2.57 bits per heavy atom. The molecule has 1 unspecified atom stereocenters. The van der Waals surface area contributed by atoms with Gasteiger partial charge in [0.1, 0.15) is 18.7 Å². The zero-order valence-electron chi connectivity index (χ0n) is 15.2. The molecule has 0 aliphatic heterocycles. The second-order valence-electron chi connectivity index (χ2n) is 6.62. The summed E-state index contributed by atoms with van der Waals surface area (Å²) in [5, 5.41) is 0. The quantitative estimate of drug-likeness (QED) is 0.370. The van der Waals surface area contributed by atoms with Crippen LogP contribution >= 0.6 is 0 Å². The van der Waals surface area contributed by atoms with Crippen molar-refractivity contribution in [1.82, 2.24) is 9.55 Å². The molecule has 7 heteroatoms. The predicted octanol–water partition coefficient (Wildman–Crippen LogP) is 3.47. The molecule has 0 saturated heterocycles. The first-order valence-electron chi connectivity index (χ1n) is 8.22. The van der Waals surface area contributed by atoms with E-state index in [1.54, 1.807) is 13.1 Å². The summed E-state index contributed by atoms with van der Waals surface area (Å²) in [5.41, 5.74) is 0.294. The molecular formula is C16H30N2O4Si. The second kappa shape index (κ2) is 9.20. The molecule has 1 heterocycles. The molecule has 1 aromatic rings. The van der Waals surface area contributed by atoms with E-state index >= 15 is 0 Å². The number of rotatable bonds is 10. The van der Waals surface area contributed by atoms with E-state index in [0.717, 1.165) is 6.04 Å². The van der Waals surface area contributed by atoms with Gasteiger partial charge in [0.05, 0.1) is 6.61 Å². The fraction of sp³-hybridized carbons (Fsp3) is 0.750. The predicted molar refractivity (Wildman–Crippen MR) is 92.3 cm³/mol. The molecule has 0 fully saturated rings.